The summed E-state index contributed by atoms with van der Waals surface area (Å²) in [6, 6.07) is 12.8. The average molecular weight is 377 g/mol. The van der Waals surface area contributed by atoms with Gasteiger partial charge in [0.2, 0.25) is 0 Å². The number of hydrogen-bond donors (Lipinski definition) is 2. The van der Waals surface area contributed by atoms with E-state index in [2.05, 4.69) is 15.6 Å². The fourth-order valence-corrected chi connectivity index (χ4v) is 2.93. The maximum atomic E-state index is 12.3. The summed E-state index contributed by atoms with van der Waals surface area (Å²) in [4.78, 5) is 16.2. The zero-order valence-corrected chi connectivity index (χ0v) is 14.2. The number of amides is 2. The molecule has 26 heavy (non-hydrogen) atoms. The lowest BCUT2D eigenvalue weighted by atomic mass is 10.1. The normalized spacial score (nSPS) is 11.3. The number of nitrogens with zero attached hydrogens (tertiary/aromatic N) is 1. The summed E-state index contributed by atoms with van der Waals surface area (Å²) in [5.74, 6) is 0. The molecule has 0 aliphatic heterocycles. The third-order valence-electron chi connectivity index (χ3n) is 3.54. The summed E-state index contributed by atoms with van der Waals surface area (Å²) < 4.78 is 36.9. The SMILES string of the molecule is O=C(NCc1ccc(SC(F)(F)F)cc1)Nc1cccc2cnccc12. The smallest absolute Gasteiger partial charge is 0.334 e. The molecule has 0 aliphatic carbocycles. The molecule has 2 aromatic carbocycles. The lowest BCUT2D eigenvalue weighted by Gasteiger charge is -2.10. The number of urea groups is 1. The Labute approximate surface area is 151 Å². The molecule has 0 bridgehead atoms. The molecular weight excluding hydrogens is 363 g/mol. The van der Waals surface area contributed by atoms with Gasteiger partial charge in [0.05, 0.1) is 5.69 Å². The molecule has 134 valence electrons. The molecule has 0 saturated heterocycles. The molecule has 3 rings (SSSR count). The average Bonchev–Trinajstić information content (AvgIpc) is 2.60. The van der Waals surface area contributed by atoms with Crippen LogP contribution in [0.1, 0.15) is 5.56 Å². The summed E-state index contributed by atoms with van der Waals surface area (Å²) in [6.45, 7) is 0.203. The van der Waals surface area contributed by atoms with E-state index in [1.807, 2.05) is 18.2 Å². The summed E-state index contributed by atoms with van der Waals surface area (Å²) in [5, 5.41) is 7.22. The minimum Gasteiger partial charge on any atom is -0.334 e. The molecule has 2 amide bonds. The first-order chi connectivity index (χ1) is 12.4. The van der Waals surface area contributed by atoms with Crippen LogP contribution in [0.25, 0.3) is 10.8 Å². The Morgan fingerprint density at radius 2 is 1.85 bits per heavy atom. The molecular formula is C18H14F3N3OS. The van der Waals surface area contributed by atoms with Gasteiger partial charge in [-0.25, -0.2) is 4.79 Å². The second-order valence-electron chi connectivity index (χ2n) is 5.40. The number of halogens is 3. The lowest BCUT2D eigenvalue weighted by molar-refractivity contribution is -0.0328. The number of fused-ring (bicyclic) bond motifs is 1. The standard InChI is InChI=1S/C18H14F3N3OS/c19-18(20,21)26-14-6-4-12(5-7-14)10-23-17(25)24-16-3-1-2-13-11-22-9-8-15(13)16/h1-9,11H,10H2,(H2,23,24,25). The van der Waals surface area contributed by atoms with Crippen LogP contribution in [-0.2, 0) is 6.54 Å². The third-order valence-corrected chi connectivity index (χ3v) is 4.28. The van der Waals surface area contributed by atoms with Crippen molar-refractivity contribution in [2.75, 3.05) is 5.32 Å². The Morgan fingerprint density at radius 3 is 2.58 bits per heavy atom. The van der Waals surface area contributed by atoms with E-state index in [0.717, 1.165) is 10.8 Å². The number of aromatic nitrogens is 1. The van der Waals surface area contributed by atoms with Crippen molar-refractivity contribution in [3.05, 3.63) is 66.5 Å². The molecule has 0 saturated carbocycles. The quantitative estimate of drug-likeness (QED) is 0.617. The molecule has 0 spiro atoms. The van der Waals surface area contributed by atoms with Gasteiger partial charge in [-0.15, -0.1) is 0 Å². The monoisotopic (exact) mass is 377 g/mol. The van der Waals surface area contributed by atoms with E-state index in [0.29, 0.717) is 11.3 Å². The molecule has 8 heteroatoms. The van der Waals surface area contributed by atoms with Crippen LogP contribution in [0.3, 0.4) is 0 Å². The van der Waals surface area contributed by atoms with E-state index < -0.39 is 11.5 Å². The van der Waals surface area contributed by atoms with E-state index in [4.69, 9.17) is 0 Å². The molecule has 0 unspecified atom stereocenters. The Bertz CT molecular complexity index is 908. The number of pyridine rings is 1. The van der Waals surface area contributed by atoms with E-state index in [-0.39, 0.29) is 23.2 Å². The van der Waals surface area contributed by atoms with Gasteiger partial charge in [-0.2, -0.15) is 13.2 Å². The molecule has 1 heterocycles. The van der Waals surface area contributed by atoms with Crippen molar-refractivity contribution in [1.29, 1.82) is 0 Å². The van der Waals surface area contributed by atoms with Crippen LogP contribution in [0.4, 0.5) is 23.7 Å². The number of thioether (sulfide) groups is 1. The summed E-state index contributed by atoms with van der Waals surface area (Å²) in [7, 11) is 0. The predicted octanol–water partition coefficient (Wildman–Crippen LogP) is 5.17. The largest absolute Gasteiger partial charge is 0.446 e. The van der Waals surface area contributed by atoms with Crippen molar-refractivity contribution in [2.24, 2.45) is 0 Å². The van der Waals surface area contributed by atoms with Crippen LogP contribution < -0.4 is 10.6 Å². The van der Waals surface area contributed by atoms with Gasteiger partial charge in [0.1, 0.15) is 0 Å². The maximum Gasteiger partial charge on any atom is 0.446 e. The Balaban J connectivity index is 1.59. The van der Waals surface area contributed by atoms with Crippen LogP contribution in [0, 0.1) is 0 Å². The first kappa shape index (κ1) is 18.1. The van der Waals surface area contributed by atoms with E-state index in [9.17, 15) is 18.0 Å². The van der Waals surface area contributed by atoms with Crippen molar-refractivity contribution in [2.45, 2.75) is 16.9 Å². The zero-order valence-electron chi connectivity index (χ0n) is 13.4. The topological polar surface area (TPSA) is 54.0 Å². The molecule has 1 aromatic heterocycles. The van der Waals surface area contributed by atoms with Gasteiger partial charge in [0.25, 0.3) is 0 Å². The van der Waals surface area contributed by atoms with Crippen molar-refractivity contribution < 1.29 is 18.0 Å². The molecule has 4 nitrogen and oxygen atoms in total. The van der Waals surface area contributed by atoms with E-state index >= 15 is 0 Å². The highest BCUT2D eigenvalue weighted by Gasteiger charge is 2.28. The lowest BCUT2D eigenvalue weighted by Crippen LogP contribution is -2.28. The Hall–Kier alpha value is -2.74. The van der Waals surface area contributed by atoms with Crippen LogP contribution in [-0.4, -0.2) is 16.5 Å². The van der Waals surface area contributed by atoms with Gasteiger partial charge in [-0.05, 0) is 41.6 Å². The highest BCUT2D eigenvalue weighted by atomic mass is 32.2. The molecule has 2 N–H and O–H groups in total. The Kier molecular flexibility index (Phi) is 5.32. The maximum absolute atomic E-state index is 12.3. The number of rotatable bonds is 4. The van der Waals surface area contributed by atoms with Gasteiger partial charge < -0.3 is 10.6 Å². The molecule has 0 radical (unpaired) electrons. The number of carbonyl (C=O) groups is 1. The molecule has 0 atom stereocenters. The number of alkyl halides is 3. The van der Waals surface area contributed by atoms with Crippen molar-refractivity contribution >= 4 is 34.3 Å². The van der Waals surface area contributed by atoms with Crippen molar-refractivity contribution in [3.63, 3.8) is 0 Å². The Morgan fingerprint density at radius 1 is 1.08 bits per heavy atom. The fourth-order valence-electron chi connectivity index (χ4n) is 2.39. The zero-order chi connectivity index (χ0) is 18.6. The fraction of sp³-hybridized carbons (Fsp3) is 0.111. The number of benzene rings is 2. The minimum atomic E-state index is -4.31. The molecule has 0 fully saturated rings. The molecule has 3 aromatic rings. The number of carbonyl (C=O) groups excluding carboxylic acids is 1. The second-order valence-corrected chi connectivity index (χ2v) is 6.54. The van der Waals surface area contributed by atoms with Crippen LogP contribution in [0.5, 0.6) is 0 Å². The van der Waals surface area contributed by atoms with E-state index in [1.165, 1.54) is 12.1 Å². The van der Waals surface area contributed by atoms with Gasteiger partial charge in [-0.3, -0.25) is 4.98 Å². The van der Waals surface area contributed by atoms with Crippen LogP contribution in [0.2, 0.25) is 0 Å². The summed E-state index contributed by atoms with van der Waals surface area (Å²) >= 11 is -0.168. The van der Waals surface area contributed by atoms with Crippen LogP contribution >= 0.6 is 11.8 Å². The van der Waals surface area contributed by atoms with Crippen molar-refractivity contribution in [3.8, 4) is 0 Å². The third kappa shape index (κ3) is 4.89. The summed E-state index contributed by atoms with van der Waals surface area (Å²) in [5.41, 5.74) is -2.96. The summed E-state index contributed by atoms with van der Waals surface area (Å²) in [6.07, 6.45) is 3.35. The highest BCUT2D eigenvalue weighted by Crippen LogP contribution is 2.36. The first-order valence-electron chi connectivity index (χ1n) is 7.63. The number of hydrogen-bond acceptors (Lipinski definition) is 3. The molecule has 0 aliphatic rings. The van der Waals surface area contributed by atoms with Crippen LogP contribution in [0.15, 0.2) is 65.8 Å². The van der Waals surface area contributed by atoms with Gasteiger partial charge >= 0.3 is 11.5 Å². The first-order valence-corrected chi connectivity index (χ1v) is 8.45. The van der Waals surface area contributed by atoms with E-state index in [1.54, 1.807) is 30.6 Å². The number of nitrogens with one attached hydrogen (secondary N) is 2. The van der Waals surface area contributed by atoms with Gasteiger partial charge in [0.15, 0.2) is 0 Å². The minimum absolute atomic E-state index is 0.107. The van der Waals surface area contributed by atoms with Gasteiger partial charge in [0, 0.05) is 34.6 Å². The second kappa shape index (κ2) is 7.65. The van der Waals surface area contributed by atoms with Gasteiger partial charge in [-0.1, -0.05) is 24.3 Å². The number of anilines is 1. The van der Waals surface area contributed by atoms with Crippen molar-refractivity contribution in [1.82, 2.24) is 10.3 Å². The predicted molar refractivity (Wildman–Crippen MR) is 96.0 cm³/mol. The highest BCUT2D eigenvalue weighted by molar-refractivity contribution is 8.00.